The first-order valence-corrected chi connectivity index (χ1v) is 8.44. The minimum Gasteiger partial charge on any atom is -0.489 e. The quantitative estimate of drug-likeness (QED) is 0.519. The van der Waals surface area contributed by atoms with Crippen molar-refractivity contribution < 1.29 is 14.7 Å². The molecule has 3 rings (SSSR count). The number of ether oxygens (including phenoxy) is 1. The normalized spacial score (nSPS) is 11.6. The molecule has 0 aliphatic carbocycles. The number of hydroxylamine groups is 1. The Morgan fingerprint density at radius 3 is 2.42 bits per heavy atom. The van der Waals surface area contributed by atoms with E-state index >= 15 is 0 Å². The molecule has 0 radical (unpaired) electrons. The average molecular weight is 347 g/mol. The van der Waals surface area contributed by atoms with E-state index in [0.717, 1.165) is 16.7 Å². The summed E-state index contributed by atoms with van der Waals surface area (Å²) in [4.78, 5) is 12.2. The summed E-state index contributed by atoms with van der Waals surface area (Å²) in [6.07, 6.45) is 0. The summed E-state index contributed by atoms with van der Waals surface area (Å²) in [6, 6.07) is 24.9. The molecule has 0 heterocycles. The van der Waals surface area contributed by atoms with Gasteiger partial charge < -0.3 is 4.74 Å². The number of amides is 1. The summed E-state index contributed by atoms with van der Waals surface area (Å²) in [5.41, 5.74) is 5.59. The van der Waals surface area contributed by atoms with E-state index in [9.17, 15) is 4.79 Å². The van der Waals surface area contributed by atoms with Crippen molar-refractivity contribution in [1.82, 2.24) is 5.48 Å². The number of hydrogen-bond donors (Lipinski definition) is 2. The van der Waals surface area contributed by atoms with E-state index < -0.39 is 11.8 Å². The zero-order valence-electron chi connectivity index (χ0n) is 14.6. The maximum absolute atomic E-state index is 12.2. The first kappa shape index (κ1) is 17.7. The van der Waals surface area contributed by atoms with Gasteiger partial charge in [0.25, 0.3) is 5.91 Å². The van der Waals surface area contributed by atoms with Crippen LogP contribution in [0.5, 0.6) is 5.75 Å². The van der Waals surface area contributed by atoms with Crippen LogP contribution in [-0.4, -0.2) is 11.1 Å². The molecule has 0 aromatic heterocycles. The highest BCUT2D eigenvalue weighted by Gasteiger charge is 2.22. The molecule has 4 heteroatoms. The fraction of sp³-hybridized carbons (Fsp3) is 0.136. The van der Waals surface area contributed by atoms with Crippen molar-refractivity contribution in [2.24, 2.45) is 0 Å². The standard InChI is InChI=1S/C22H21NO3/c1-16-7-5-8-17(13-16)15-26-20-12-6-11-19(14-20)21(22(24)23-25)18-9-3-2-4-10-18/h2-14,21,25H,15H2,1H3,(H,23,24). The Balaban J connectivity index is 1.83. The van der Waals surface area contributed by atoms with Gasteiger partial charge in [0.15, 0.2) is 0 Å². The van der Waals surface area contributed by atoms with Crippen molar-refractivity contribution in [3.63, 3.8) is 0 Å². The van der Waals surface area contributed by atoms with Gasteiger partial charge in [-0.2, -0.15) is 0 Å². The Labute approximate surface area is 153 Å². The van der Waals surface area contributed by atoms with Crippen LogP contribution in [0.15, 0.2) is 78.9 Å². The molecule has 0 aliphatic rings. The van der Waals surface area contributed by atoms with E-state index in [-0.39, 0.29) is 0 Å². The topological polar surface area (TPSA) is 58.6 Å². The third-order valence-corrected chi connectivity index (χ3v) is 4.18. The van der Waals surface area contributed by atoms with Crippen LogP contribution < -0.4 is 10.2 Å². The lowest BCUT2D eigenvalue weighted by Gasteiger charge is -2.17. The summed E-state index contributed by atoms with van der Waals surface area (Å²) >= 11 is 0. The number of aryl methyl sites for hydroxylation is 1. The van der Waals surface area contributed by atoms with Gasteiger partial charge >= 0.3 is 0 Å². The van der Waals surface area contributed by atoms with Crippen LogP contribution in [0.3, 0.4) is 0 Å². The fourth-order valence-electron chi connectivity index (χ4n) is 2.96. The lowest BCUT2D eigenvalue weighted by molar-refractivity contribution is -0.129. The van der Waals surface area contributed by atoms with Crippen molar-refractivity contribution >= 4 is 5.91 Å². The number of nitrogens with one attached hydrogen (secondary N) is 1. The minimum atomic E-state index is -0.608. The van der Waals surface area contributed by atoms with Gasteiger partial charge in [-0.1, -0.05) is 72.3 Å². The van der Waals surface area contributed by atoms with Gasteiger partial charge in [0.05, 0.1) is 5.92 Å². The third kappa shape index (κ3) is 4.29. The Morgan fingerprint density at radius 1 is 0.962 bits per heavy atom. The SMILES string of the molecule is Cc1cccc(COc2cccc(C(C(=O)NO)c3ccccc3)c2)c1. The Kier molecular flexibility index (Phi) is 5.66. The number of benzene rings is 3. The van der Waals surface area contributed by atoms with Gasteiger partial charge in [0.2, 0.25) is 0 Å². The van der Waals surface area contributed by atoms with Gasteiger partial charge in [0.1, 0.15) is 12.4 Å². The number of carbonyl (C=O) groups excluding carboxylic acids is 1. The fourth-order valence-corrected chi connectivity index (χ4v) is 2.96. The molecule has 3 aromatic rings. The van der Waals surface area contributed by atoms with Crippen LogP contribution in [0.4, 0.5) is 0 Å². The number of hydrogen-bond acceptors (Lipinski definition) is 3. The Bertz CT molecular complexity index is 877. The van der Waals surface area contributed by atoms with Gasteiger partial charge in [-0.15, -0.1) is 0 Å². The molecular formula is C22H21NO3. The monoisotopic (exact) mass is 347 g/mol. The molecule has 132 valence electrons. The smallest absolute Gasteiger partial charge is 0.255 e. The summed E-state index contributed by atoms with van der Waals surface area (Å²) in [7, 11) is 0. The lowest BCUT2D eigenvalue weighted by atomic mass is 9.90. The maximum atomic E-state index is 12.2. The van der Waals surface area contributed by atoms with E-state index in [1.807, 2.05) is 79.7 Å². The largest absolute Gasteiger partial charge is 0.489 e. The number of rotatable bonds is 6. The van der Waals surface area contributed by atoms with Gasteiger partial charge in [-0.05, 0) is 35.7 Å². The van der Waals surface area contributed by atoms with Crippen LogP contribution in [0.2, 0.25) is 0 Å². The van der Waals surface area contributed by atoms with E-state index in [0.29, 0.717) is 12.4 Å². The predicted octanol–water partition coefficient (Wildman–Crippen LogP) is 4.21. The van der Waals surface area contributed by atoms with E-state index in [1.54, 1.807) is 5.48 Å². The molecule has 1 atom stereocenters. The van der Waals surface area contributed by atoms with Gasteiger partial charge in [-0.3, -0.25) is 10.0 Å². The van der Waals surface area contributed by atoms with Crippen LogP contribution in [0, 0.1) is 6.92 Å². The van der Waals surface area contributed by atoms with Crippen molar-refractivity contribution in [3.8, 4) is 5.75 Å². The molecule has 0 aliphatic heterocycles. The van der Waals surface area contributed by atoms with Gasteiger partial charge in [0, 0.05) is 0 Å². The summed E-state index contributed by atoms with van der Waals surface area (Å²) in [6.45, 7) is 2.50. The minimum absolute atomic E-state index is 0.452. The van der Waals surface area contributed by atoms with E-state index in [2.05, 4.69) is 6.07 Å². The van der Waals surface area contributed by atoms with Crippen molar-refractivity contribution in [3.05, 3.63) is 101 Å². The molecule has 4 nitrogen and oxygen atoms in total. The molecule has 0 bridgehead atoms. The first-order valence-electron chi connectivity index (χ1n) is 8.44. The van der Waals surface area contributed by atoms with Crippen LogP contribution in [0.1, 0.15) is 28.2 Å². The summed E-state index contributed by atoms with van der Waals surface area (Å²) < 4.78 is 5.89. The Hall–Kier alpha value is -3.11. The third-order valence-electron chi connectivity index (χ3n) is 4.18. The maximum Gasteiger partial charge on any atom is 0.255 e. The lowest BCUT2D eigenvalue weighted by Crippen LogP contribution is -2.27. The highest BCUT2D eigenvalue weighted by molar-refractivity contribution is 5.86. The molecule has 1 unspecified atom stereocenters. The molecule has 0 saturated heterocycles. The van der Waals surface area contributed by atoms with Crippen molar-refractivity contribution in [2.75, 3.05) is 0 Å². The molecule has 0 spiro atoms. The second kappa shape index (κ2) is 8.32. The Morgan fingerprint density at radius 2 is 1.69 bits per heavy atom. The molecule has 2 N–H and O–H groups in total. The molecule has 0 saturated carbocycles. The van der Waals surface area contributed by atoms with Gasteiger partial charge in [-0.25, -0.2) is 5.48 Å². The van der Waals surface area contributed by atoms with E-state index in [4.69, 9.17) is 9.94 Å². The highest BCUT2D eigenvalue weighted by atomic mass is 16.5. The zero-order chi connectivity index (χ0) is 18.4. The summed E-state index contributed by atoms with van der Waals surface area (Å²) in [5.74, 6) is -0.411. The molecule has 3 aromatic carbocycles. The average Bonchev–Trinajstić information content (AvgIpc) is 2.68. The second-order valence-electron chi connectivity index (χ2n) is 6.17. The van der Waals surface area contributed by atoms with Crippen LogP contribution >= 0.6 is 0 Å². The van der Waals surface area contributed by atoms with Crippen molar-refractivity contribution in [2.45, 2.75) is 19.4 Å². The molecule has 0 fully saturated rings. The highest BCUT2D eigenvalue weighted by Crippen LogP contribution is 2.28. The zero-order valence-corrected chi connectivity index (χ0v) is 14.6. The van der Waals surface area contributed by atoms with E-state index in [1.165, 1.54) is 5.56 Å². The number of carbonyl (C=O) groups is 1. The predicted molar refractivity (Wildman–Crippen MR) is 100 cm³/mol. The summed E-state index contributed by atoms with van der Waals surface area (Å²) in [5, 5.41) is 9.14. The second-order valence-corrected chi connectivity index (χ2v) is 6.17. The molecular weight excluding hydrogens is 326 g/mol. The van der Waals surface area contributed by atoms with Crippen molar-refractivity contribution in [1.29, 1.82) is 0 Å². The first-order chi connectivity index (χ1) is 12.7. The van der Waals surface area contributed by atoms with Crippen LogP contribution in [-0.2, 0) is 11.4 Å². The molecule has 1 amide bonds. The molecule has 26 heavy (non-hydrogen) atoms. The van der Waals surface area contributed by atoms with Crippen LogP contribution in [0.25, 0.3) is 0 Å².